The number of anilines is 1. The summed E-state index contributed by atoms with van der Waals surface area (Å²) in [7, 11) is 0. The third-order valence-electron chi connectivity index (χ3n) is 4.48. The maximum Gasteiger partial charge on any atom is 0.244 e. The Labute approximate surface area is 155 Å². The number of fused-ring (bicyclic) bond motifs is 1. The van der Waals surface area contributed by atoms with Gasteiger partial charge in [0.1, 0.15) is 12.3 Å². The highest BCUT2D eigenvalue weighted by atomic mass is 79.9. The van der Waals surface area contributed by atoms with Crippen LogP contribution >= 0.6 is 31.9 Å². The fourth-order valence-corrected chi connectivity index (χ4v) is 4.47. The average molecular weight is 460 g/mol. The first-order chi connectivity index (χ1) is 11.4. The first-order valence-electron chi connectivity index (χ1n) is 7.59. The number of hydrogen-bond acceptors (Lipinski definition) is 4. The van der Waals surface area contributed by atoms with Gasteiger partial charge in [-0.25, -0.2) is 0 Å². The van der Waals surface area contributed by atoms with E-state index in [9.17, 15) is 19.5 Å². The number of halogens is 2. The third-order valence-corrected chi connectivity index (χ3v) is 7.22. The summed E-state index contributed by atoms with van der Waals surface area (Å²) in [4.78, 5) is 38.5. The normalized spacial score (nSPS) is 29.5. The number of nitrogens with zero attached hydrogens (tertiary/aromatic N) is 1. The second-order valence-corrected chi connectivity index (χ2v) is 8.40. The Morgan fingerprint density at radius 3 is 2.21 bits per heavy atom. The molecule has 0 aromatic heterocycles. The van der Waals surface area contributed by atoms with Crippen LogP contribution in [0, 0.1) is 11.8 Å². The number of likely N-dealkylation sites (tertiary alicyclic amines) is 1. The van der Waals surface area contributed by atoms with Crippen molar-refractivity contribution in [2.75, 3.05) is 11.9 Å². The van der Waals surface area contributed by atoms with Crippen molar-refractivity contribution in [1.29, 1.82) is 0 Å². The molecule has 24 heavy (non-hydrogen) atoms. The molecule has 1 aromatic carbocycles. The zero-order chi connectivity index (χ0) is 17.4. The molecule has 2 aliphatic rings. The number of amides is 3. The highest BCUT2D eigenvalue weighted by molar-refractivity contribution is 9.12. The fraction of sp³-hybridized carbons (Fsp3) is 0.438. The Morgan fingerprint density at radius 1 is 1.12 bits per heavy atom. The van der Waals surface area contributed by atoms with E-state index in [2.05, 4.69) is 37.2 Å². The van der Waals surface area contributed by atoms with Gasteiger partial charge in [-0.3, -0.25) is 19.3 Å². The number of imide groups is 1. The van der Waals surface area contributed by atoms with Gasteiger partial charge in [0.05, 0.1) is 17.5 Å². The van der Waals surface area contributed by atoms with Gasteiger partial charge in [0.25, 0.3) is 0 Å². The fourth-order valence-electron chi connectivity index (χ4n) is 3.23. The number of nitrogens with one attached hydrogen (secondary N) is 1. The average Bonchev–Trinajstić information content (AvgIpc) is 2.75. The molecular formula is C16H16Br2N2O4. The summed E-state index contributed by atoms with van der Waals surface area (Å²) in [6, 6.07) is 6.30. The summed E-state index contributed by atoms with van der Waals surface area (Å²) in [5.41, 5.74) is 0.250. The Bertz CT molecular complexity index is 668. The maximum atomic E-state index is 12.5. The molecule has 0 unspecified atom stereocenters. The first-order valence-corrected chi connectivity index (χ1v) is 9.43. The predicted octanol–water partition coefficient (Wildman–Crippen LogP) is 2.25. The predicted molar refractivity (Wildman–Crippen MR) is 95.1 cm³/mol. The SMILES string of the molecule is O=C(CN1C(=O)[C@@H]2C[C@H](Br)[C@@H](Br)C[C@H]2C1=O)Nc1ccccc1O. The molecule has 3 amide bonds. The van der Waals surface area contributed by atoms with Gasteiger partial charge in [-0.05, 0) is 25.0 Å². The Hall–Kier alpha value is -1.41. The van der Waals surface area contributed by atoms with Crippen LogP contribution in [0.5, 0.6) is 5.75 Å². The molecular weight excluding hydrogens is 444 g/mol. The number of phenols is 1. The van der Waals surface area contributed by atoms with Crippen LogP contribution in [0.25, 0.3) is 0 Å². The van der Waals surface area contributed by atoms with E-state index in [-0.39, 0.29) is 51.3 Å². The van der Waals surface area contributed by atoms with Crippen molar-refractivity contribution in [2.24, 2.45) is 11.8 Å². The van der Waals surface area contributed by atoms with Crippen LogP contribution in [0.15, 0.2) is 24.3 Å². The minimum Gasteiger partial charge on any atom is -0.506 e. The van der Waals surface area contributed by atoms with Crippen LogP contribution in [-0.4, -0.2) is 43.9 Å². The molecule has 0 spiro atoms. The van der Waals surface area contributed by atoms with Gasteiger partial charge in [0.2, 0.25) is 17.7 Å². The summed E-state index contributed by atoms with van der Waals surface area (Å²) in [5, 5.41) is 12.2. The molecule has 1 aliphatic heterocycles. The number of carbonyl (C=O) groups excluding carboxylic acids is 3. The van der Waals surface area contributed by atoms with E-state index in [0.29, 0.717) is 12.8 Å². The van der Waals surface area contributed by atoms with Gasteiger partial charge < -0.3 is 10.4 Å². The summed E-state index contributed by atoms with van der Waals surface area (Å²) in [6.07, 6.45) is 1.14. The summed E-state index contributed by atoms with van der Waals surface area (Å²) < 4.78 is 0. The van der Waals surface area contributed by atoms with E-state index in [4.69, 9.17) is 0 Å². The van der Waals surface area contributed by atoms with Crippen LogP contribution in [0.2, 0.25) is 0 Å². The van der Waals surface area contributed by atoms with E-state index in [1.165, 1.54) is 6.07 Å². The molecule has 0 bridgehead atoms. The van der Waals surface area contributed by atoms with Crippen LogP contribution in [-0.2, 0) is 14.4 Å². The minimum atomic E-state index is -0.511. The van der Waals surface area contributed by atoms with Crippen molar-refractivity contribution in [3.63, 3.8) is 0 Å². The van der Waals surface area contributed by atoms with Gasteiger partial charge in [-0.2, -0.15) is 0 Å². The molecule has 0 radical (unpaired) electrons. The summed E-state index contributed by atoms with van der Waals surface area (Å²) in [5.74, 6) is -1.89. The Kier molecular flexibility index (Phi) is 4.96. The van der Waals surface area contributed by atoms with Crippen LogP contribution in [0.4, 0.5) is 5.69 Å². The van der Waals surface area contributed by atoms with Crippen LogP contribution in [0.1, 0.15) is 12.8 Å². The van der Waals surface area contributed by atoms with Crippen molar-refractivity contribution in [3.05, 3.63) is 24.3 Å². The van der Waals surface area contributed by atoms with E-state index in [1.54, 1.807) is 18.2 Å². The lowest BCUT2D eigenvalue weighted by atomic mass is 9.81. The van der Waals surface area contributed by atoms with Crippen molar-refractivity contribution in [2.45, 2.75) is 22.5 Å². The van der Waals surface area contributed by atoms with Crippen molar-refractivity contribution in [1.82, 2.24) is 4.90 Å². The van der Waals surface area contributed by atoms with Crippen LogP contribution in [0.3, 0.4) is 0 Å². The second-order valence-electron chi connectivity index (χ2n) is 6.04. The third kappa shape index (κ3) is 3.21. The summed E-state index contributed by atoms with van der Waals surface area (Å²) in [6.45, 7) is -0.334. The topological polar surface area (TPSA) is 86.7 Å². The molecule has 128 valence electrons. The van der Waals surface area contributed by atoms with Crippen molar-refractivity contribution in [3.8, 4) is 5.75 Å². The maximum absolute atomic E-state index is 12.5. The zero-order valence-corrected chi connectivity index (χ0v) is 15.8. The minimum absolute atomic E-state index is 0.0668. The summed E-state index contributed by atoms with van der Waals surface area (Å²) >= 11 is 7.05. The molecule has 1 saturated carbocycles. The lowest BCUT2D eigenvalue weighted by molar-refractivity contribution is -0.142. The van der Waals surface area contributed by atoms with E-state index in [1.807, 2.05) is 0 Å². The molecule has 1 heterocycles. The number of carbonyl (C=O) groups is 3. The van der Waals surface area contributed by atoms with E-state index in [0.717, 1.165) is 4.90 Å². The van der Waals surface area contributed by atoms with Gasteiger partial charge in [-0.15, -0.1) is 0 Å². The van der Waals surface area contributed by atoms with Gasteiger partial charge in [-0.1, -0.05) is 44.0 Å². The quantitative estimate of drug-likeness (QED) is 0.412. The molecule has 1 saturated heterocycles. The van der Waals surface area contributed by atoms with Crippen molar-refractivity contribution < 1.29 is 19.5 Å². The first kappa shape index (κ1) is 17.4. The number of aromatic hydroxyl groups is 1. The molecule has 1 aromatic rings. The smallest absolute Gasteiger partial charge is 0.244 e. The molecule has 3 rings (SSSR count). The highest BCUT2D eigenvalue weighted by Crippen LogP contribution is 2.43. The number of hydrogen-bond donors (Lipinski definition) is 2. The molecule has 2 fully saturated rings. The molecule has 1 aliphatic carbocycles. The molecule has 4 atom stereocenters. The van der Waals surface area contributed by atoms with E-state index >= 15 is 0 Å². The Morgan fingerprint density at radius 2 is 1.67 bits per heavy atom. The number of alkyl halides is 2. The Balaban J connectivity index is 1.69. The molecule has 6 nitrogen and oxygen atoms in total. The molecule has 8 heteroatoms. The lowest BCUT2D eigenvalue weighted by Gasteiger charge is -2.29. The largest absolute Gasteiger partial charge is 0.506 e. The number of phenolic OH excluding ortho intramolecular Hbond substituents is 1. The van der Waals surface area contributed by atoms with Crippen molar-refractivity contribution >= 4 is 55.3 Å². The highest BCUT2D eigenvalue weighted by Gasteiger charge is 2.52. The molecule has 2 N–H and O–H groups in total. The number of benzene rings is 1. The van der Waals surface area contributed by atoms with Gasteiger partial charge in [0, 0.05) is 9.65 Å². The number of para-hydroxylation sites is 2. The standard InChI is InChI=1S/C16H16Br2N2O4/c17-10-5-8-9(6-11(10)18)16(24)20(15(8)23)7-14(22)19-12-3-1-2-4-13(12)21/h1-4,8-11,21H,5-7H2,(H,19,22)/t8-,9-,10+,11+/m1/s1. The van der Waals surface area contributed by atoms with E-state index < -0.39 is 5.91 Å². The lowest BCUT2D eigenvalue weighted by Crippen LogP contribution is -2.38. The van der Waals surface area contributed by atoms with Gasteiger partial charge in [0.15, 0.2) is 0 Å². The zero-order valence-electron chi connectivity index (χ0n) is 12.6. The van der Waals surface area contributed by atoms with Crippen LogP contribution < -0.4 is 5.32 Å². The van der Waals surface area contributed by atoms with Gasteiger partial charge >= 0.3 is 0 Å². The monoisotopic (exact) mass is 458 g/mol. The number of rotatable bonds is 3. The second kappa shape index (κ2) is 6.84.